The van der Waals surface area contributed by atoms with Crippen molar-refractivity contribution in [3.8, 4) is 11.5 Å². The number of methoxy groups -OCH3 is 1. The van der Waals surface area contributed by atoms with Crippen LogP contribution in [0.15, 0.2) is 82.8 Å². The fraction of sp³-hybridized carbons (Fsp3) is 0.276. The number of hydrogen-bond donors (Lipinski definition) is 2. The van der Waals surface area contributed by atoms with E-state index in [1.54, 1.807) is 24.3 Å². The molecule has 0 aromatic heterocycles. The molecule has 1 aliphatic rings. The van der Waals surface area contributed by atoms with Crippen molar-refractivity contribution >= 4 is 45.3 Å². The van der Waals surface area contributed by atoms with E-state index >= 15 is 0 Å². The Morgan fingerprint density at radius 3 is 2.36 bits per heavy atom. The normalized spacial score (nSPS) is 14.9. The minimum Gasteiger partial charge on any atom is -0.497 e. The van der Waals surface area contributed by atoms with Gasteiger partial charge in [-0.3, -0.25) is 13.9 Å². The van der Waals surface area contributed by atoms with Crippen LogP contribution in [0, 0.1) is 0 Å². The van der Waals surface area contributed by atoms with E-state index in [4.69, 9.17) is 25.8 Å². The van der Waals surface area contributed by atoms with Gasteiger partial charge in [-0.15, -0.1) is 0 Å². The molecule has 11 nitrogen and oxygen atoms in total. The third kappa shape index (κ3) is 8.68. The minimum atomic E-state index is -4.12. The fourth-order valence-corrected chi connectivity index (χ4v) is 5.57. The van der Waals surface area contributed by atoms with Crippen molar-refractivity contribution < 1.29 is 32.2 Å². The summed E-state index contributed by atoms with van der Waals surface area (Å²) in [7, 11) is -2.64. The van der Waals surface area contributed by atoms with E-state index < -0.39 is 22.5 Å². The van der Waals surface area contributed by atoms with Crippen molar-refractivity contribution in [1.82, 2.24) is 10.7 Å². The number of halogens is 1. The van der Waals surface area contributed by atoms with E-state index in [1.165, 1.54) is 61.9 Å². The summed E-state index contributed by atoms with van der Waals surface area (Å²) < 4.78 is 44.0. The topological polar surface area (TPSA) is 136 Å². The van der Waals surface area contributed by atoms with Crippen molar-refractivity contribution in [1.29, 1.82) is 0 Å². The van der Waals surface area contributed by atoms with Gasteiger partial charge in [0.05, 0.1) is 30.0 Å². The predicted molar refractivity (Wildman–Crippen MR) is 159 cm³/mol. The molecule has 3 aromatic rings. The van der Waals surface area contributed by atoms with Crippen LogP contribution in [-0.4, -0.2) is 66.0 Å². The molecule has 1 atom stereocenters. The van der Waals surface area contributed by atoms with Crippen LogP contribution in [0.4, 0.5) is 5.69 Å². The Balaban J connectivity index is 1.33. The summed E-state index contributed by atoms with van der Waals surface area (Å²) >= 11 is 5.98. The van der Waals surface area contributed by atoms with Crippen LogP contribution in [0.3, 0.4) is 0 Å². The molecule has 13 heteroatoms. The van der Waals surface area contributed by atoms with Crippen LogP contribution in [0.1, 0.15) is 18.4 Å². The first-order valence-corrected chi connectivity index (χ1v) is 14.9. The summed E-state index contributed by atoms with van der Waals surface area (Å²) in [6.45, 7) is 0.535. The number of nitrogens with one attached hydrogen (secondary N) is 2. The largest absolute Gasteiger partial charge is 0.497 e. The van der Waals surface area contributed by atoms with Gasteiger partial charge in [0.1, 0.15) is 18.0 Å². The van der Waals surface area contributed by atoms with Gasteiger partial charge in [0, 0.05) is 18.2 Å². The molecule has 42 heavy (non-hydrogen) atoms. The van der Waals surface area contributed by atoms with Gasteiger partial charge >= 0.3 is 0 Å². The molecule has 0 unspecified atom stereocenters. The van der Waals surface area contributed by atoms with Crippen LogP contribution >= 0.6 is 11.6 Å². The SMILES string of the molecule is COc1ccc(S(=O)(=O)N(CC(=O)N/N=C\c2ccc(OCC(=O)NC[C@@H]3CCCO3)cc2)c2ccc(Cl)cc2)cc1. The number of nitrogens with zero attached hydrogens (tertiary/aromatic N) is 2. The lowest BCUT2D eigenvalue weighted by atomic mass is 10.2. The van der Waals surface area contributed by atoms with Crippen molar-refractivity contribution in [3.05, 3.63) is 83.4 Å². The van der Waals surface area contributed by atoms with Crippen molar-refractivity contribution in [2.45, 2.75) is 23.8 Å². The molecule has 0 bridgehead atoms. The number of ether oxygens (including phenoxy) is 3. The van der Waals surface area contributed by atoms with Crippen LogP contribution in [0.5, 0.6) is 11.5 Å². The third-order valence-electron chi connectivity index (χ3n) is 6.25. The molecule has 4 rings (SSSR count). The zero-order valence-corrected chi connectivity index (χ0v) is 24.4. The first kappa shape index (κ1) is 30.8. The first-order chi connectivity index (χ1) is 20.2. The molecule has 2 amide bonds. The number of hydrazone groups is 1. The Morgan fingerprint density at radius 2 is 1.71 bits per heavy atom. The molecular formula is C29H31ClN4O7S. The van der Waals surface area contributed by atoms with Gasteiger partial charge in [-0.05, 0) is 91.2 Å². The minimum absolute atomic E-state index is 0.0165. The molecule has 1 heterocycles. The second kappa shape index (κ2) is 14.7. The smallest absolute Gasteiger partial charge is 0.264 e. The van der Waals surface area contributed by atoms with Gasteiger partial charge in [-0.1, -0.05) is 11.6 Å². The highest BCUT2D eigenvalue weighted by Gasteiger charge is 2.27. The van der Waals surface area contributed by atoms with Crippen molar-refractivity contribution in [2.75, 3.05) is 37.7 Å². The Kier molecular flexibility index (Phi) is 10.8. The molecule has 0 saturated carbocycles. The average Bonchev–Trinajstić information content (AvgIpc) is 3.53. The number of sulfonamides is 1. The molecule has 1 aliphatic heterocycles. The first-order valence-electron chi connectivity index (χ1n) is 13.1. The van der Waals surface area contributed by atoms with Gasteiger partial charge in [0.2, 0.25) is 0 Å². The monoisotopic (exact) mass is 614 g/mol. The number of anilines is 1. The summed E-state index contributed by atoms with van der Waals surface area (Å²) in [6.07, 6.45) is 3.41. The van der Waals surface area contributed by atoms with Crippen LogP contribution < -0.4 is 24.5 Å². The number of carbonyl (C=O) groups excluding carboxylic acids is 2. The predicted octanol–water partition coefficient (Wildman–Crippen LogP) is 3.37. The number of carbonyl (C=O) groups is 2. The zero-order valence-electron chi connectivity index (χ0n) is 22.9. The molecular weight excluding hydrogens is 584 g/mol. The van der Waals surface area contributed by atoms with Gasteiger partial charge in [-0.2, -0.15) is 5.10 Å². The van der Waals surface area contributed by atoms with Crippen LogP contribution in [0.25, 0.3) is 0 Å². The van der Waals surface area contributed by atoms with E-state index in [9.17, 15) is 18.0 Å². The molecule has 2 N–H and O–H groups in total. The van der Waals surface area contributed by atoms with Gasteiger partial charge in [-0.25, -0.2) is 13.8 Å². The van der Waals surface area contributed by atoms with Crippen molar-refractivity contribution in [2.24, 2.45) is 5.10 Å². The molecule has 3 aromatic carbocycles. The third-order valence-corrected chi connectivity index (χ3v) is 8.29. The Labute approximate surface area is 249 Å². The summed E-state index contributed by atoms with van der Waals surface area (Å²) in [4.78, 5) is 24.7. The summed E-state index contributed by atoms with van der Waals surface area (Å²) in [5.74, 6) is 0.0906. The highest BCUT2D eigenvalue weighted by atomic mass is 35.5. The maximum atomic E-state index is 13.5. The van der Waals surface area contributed by atoms with Crippen LogP contribution in [0.2, 0.25) is 5.02 Å². The average molecular weight is 615 g/mol. The van der Waals surface area contributed by atoms with Crippen molar-refractivity contribution in [3.63, 3.8) is 0 Å². The Bertz CT molecular complexity index is 1480. The van der Waals surface area contributed by atoms with E-state index in [-0.39, 0.29) is 29.2 Å². The van der Waals surface area contributed by atoms with E-state index in [1.807, 2.05) is 0 Å². The number of hydrogen-bond acceptors (Lipinski definition) is 8. The van der Waals surface area contributed by atoms with E-state index in [0.29, 0.717) is 28.6 Å². The molecule has 222 valence electrons. The number of amides is 2. The molecule has 0 radical (unpaired) electrons. The lowest BCUT2D eigenvalue weighted by molar-refractivity contribution is -0.123. The van der Waals surface area contributed by atoms with Gasteiger partial charge in [0.15, 0.2) is 6.61 Å². The molecule has 0 aliphatic carbocycles. The molecule has 1 saturated heterocycles. The van der Waals surface area contributed by atoms with E-state index in [0.717, 1.165) is 23.8 Å². The summed E-state index contributed by atoms with van der Waals surface area (Å²) in [5.41, 5.74) is 3.26. The lowest BCUT2D eigenvalue weighted by Gasteiger charge is -2.23. The fourth-order valence-electron chi connectivity index (χ4n) is 4.02. The Hall–Kier alpha value is -4.13. The number of rotatable bonds is 13. The second-order valence-corrected chi connectivity index (χ2v) is 11.6. The second-order valence-electron chi connectivity index (χ2n) is 9.25. The zero-order chi connectivity index (χ0) is 30.0. The highest BCUT2D eigenvalue weighted by molar-refractivity contribution is 7.92. The quantitative estimate of drug-likeness (QED) is 0.223. The van der Waals surface area contributed by atoms with E-state index in [2.05, 4.69) is 15.8 Å². The van der Waals surface area contributed by atoms with Crippen LogP contribution in [-0.2, 0) is 24.3 Å². The molecule has 0 spiro atoms. The maximum absolute atomic E-state index is 13.5. The van der Waals surface area contributed by atoms with Gasteiger partial charge in [0.25, 0.3) is 21.8 Å². The summed E-state index contributed by atoms with van der Waals surface area (Å²) in [6, 6.07) is 18.7. The summed E-state index contributed by atoms with van der Waals surface area (Å²) in [5, 5.41) is 7.16. The molecule has 1 fully saturated rings. The van der Waals surface area contributed by atoms with Gasteiger partial charge < -0.3 is 19.5 Å². The highest BCUT2D eigenvalue weighted by Crippen LogP contribution is 2.26. The lowest BCUT2D eigenvalue weighted by Crippen LogP contribution is -2.39. The standard InChI is InChI=1S/C29H31ClN4O7S/c1-39-24-12-14-27(15-13-24)42(37,38)34(23-8-6-22(30)7-9-23)19-28(35)33-32-17-21-4-10-25(11-5-21)41-20-29(36)31-18-26-3-2-16-40-26/h4-15,17,26H,2-3,16,18-20H2,1H3,(H,31,36)(H,33,35)/b32-17-/t26-/m0/s1. The Morgan fingerprint density at radius 1 is 1.02 bits per heavy atom. The maximum Gasteiger partial charge on any atom is 0.264 e. The number of benzene rings is 3.